The van der Waals surface area contributed by atoms with Crippen molar-refractivity contribution in [1.29, 1.82) is 0 Å². The maximum atomic E-state index is 13.3. The highest BCUT2D eigenvalue weighted by molar-refractivity contribution is 7.09. The van der Waals surface area contributed by atoms with Gasteiger partial charge in [0.1, 0.15) is 5.82 Å². The van der Waals surface area contributed by atoms with Crippen LogP contribution in [0.25, 0.3) is 0 Å². The largest absolute Gasteiger partial charge is 0.336 e. The van der Waals surface area contributed by atoms with Gasteiger partial charge in [0.05, 0.1) is 0 Å². The van der Waals surface area contributed by atoms with Gasteiger partial charge in [-0.1, -0.05) is 36.4 Å². The fraction of sp³-hybridized carbons (Fsp3) is 0.346. The Morgan fingerprint density at radius 3 is 2.45 bits per heavy atom. The first-order chi connectivity index (χ1) is 15.0. The van der Waals surface area contributed by atoms with Crippen LogP contribution in [0.5, 0.6) is 0 Å². The van der Waals surface area contributed by atoms with Gasteiger partial charge in [0.15, 0.2) is 0 Å². The number of nitrogens with zero attached hydrogens (tertiary/aromatic N) is 2. The van der Waals surface area contributed by atoms with E-state index in [2.05, 4.69) is 66.6 Å². The maximum absolute atomic E-state index is 13.3. The van der Waals surface area contributed by atoms with E-state index < -0.39 is 0 Å². The maximum Gasteiger partial charge on any atom is 0.254 e. The van der Waals surface area contributed by atoms with E-state index in [1.807, 2.05) is 4.90 Å². The van der Waals surface area contributed by atoms with Crippen molar-refractivity contribution in [2.24, 2.45) is 5.92 Å². The predicted octanol–water partition coefficient (Wildman–Crippen LogP) is 5.65. The molecule has 1 aliphatic rings. The molecule has 1 saturated heterocycles. The van der Waals surface area contributed by atoms with Crippen LogP contribution < -0.4 is 0 Å². The summed E-state index contributed by atoms with van der Waals surface area (Å²) in [5.74, 6) is 0.368. The summed E-state index contributed by atoms with van der Waals surface area (Å²) in [5, 5.41) is 2.12. The van der Waals surface area contributed by atoms with Crippen LogP contribution in [0.15, 0.2) is 72.1 Å². The van der Waals surface area contributed by atoms with Crippen molar-refractivity contribution in [3.8, 4) is 0 Å². The van der Waals surface area contributed by atoms with Gasteiger partial charge < -0.3 is 4.90 Å². The highest BCUT2D eigenvalue weighted by Gasteiger charge is 2.36. The van der Waals surface area contributed by atoms with E-state index in [9.17, 15) is 9.18 Å². The molecule has 1 fully saturated rings. The summed E-state index contributed by atoms with van der Waals surface area (Å²) in [6.45, 7) is 7.69. The van der Waals surface area contributed by atoms with Crippen LogP contribution in [-0.4, -0.2) is 41.4 Å². The number of hydrogen-bond donors (Lipinski definition) is 0. The summed E-state index contributed by atoms with van der Waals surface area (Å²) in [6, 6.07) is 20.9. The van der Waals surface area contributed by atoms with Crippen LogP contribution >= 0.6 is 11.3 Å². The number of thiophene rings is 1. The summed E-state index contributed by atoms with van der Waals surface area (Å²) < 4.78 is 13.3. The lowest BCUT2D eigenvalue weighted by Crippen LogP contribution is -2.42. The summed E-state index contributed by atoms with van der Waals surface area (Å²) in [4.78, 5) is 19.1. The molecule has 0 bridgehead atoms. The van der Waals surface area contributed by atoms with Crippen molar-refractivity contribution < 1.29 is 9.18 Å². The Morgan fingerprint density at radius 2 is 1.81 bits per heavy atom. The fourth-order valence-electron chi connectivity index (χ4n) is 4.51. The van der Waals surface area contributed by atoms with Gasteiger partial charge in [-0.25, -0.2) is 4.39 Å². The quantitative estimate of drug-likeness (QED) is 0.478. The third kappa shape index (κ3) is 5.23. The Bertz CT molecular complexity index is 972. The van der Waals surface area contributed by atoms with Gasteiger partial charge in [-0.3, -0.25) is 9.69 Å². The van der Waals surface area contributed by atoms with Crippen molar-refractivity contribution in [1.82, 2.24) is 9.80 Å². The van der Waals surface area contributed by atoms with Crippen LogP contribution in [0.3, 0.4) is 0 Å². The number of carbonyl (C=O) groups excluding carboxylic acids is 1. The zero-order valence-electron chi connectivity index (χ0n) is 18.1. The smallest absolute Gasteiger partial charge is 0.254 e. The minimum Gasteiger partial charge on any atom is -0.336 e. The molecule has 0 spiro atoms. The molecule has 0 unspecified atom stereocenters. The van der Waals surface area contributed by atoms with Crippen LogP contribution in [0.2, 0.25) is 0 Å². The van der Waals surface area contributed by atoms with Gasteiger partial charge >= 0.3 is 0 Å². The summed E-state index contributed by atoms with van der Waals surface area (Å²) in [6.07, 6.45) is 0. The zero-order valence-corrected chi connectivity index (χ0v) is 18.9. The first-order valence-electron chi connectivity index (χ1n) is 10.9. The van der Waals surface area contributed by atoms with Crippen molar-refractivity contribution in [3.05, 3.63) is 93.9 Å². The molecule has 0 aliphatic carbocycles. The third-order valence-electron chi connectivity index (χ3n) is 6.11. The molecule has 0 N–H and O–H groups in total. The van der Waals surface area contributed by atoms with Gasteiger partial charge in [-0.05, 0) is 61.0 Å². The number of likely N-dealkylation sites (tertiary alicyclic amines) is 1. The van der Waals surface area contributed by atoms with Gasteiger partial charge in [0.25, 0.3) is 5.91 Å². The Morgan fingerprint density at radius 1 is 1.06 bits per heavy atom. The number of benzene rings is 2. The van der Waals surface area contributed by atoms with Crippen LogP contribution in [0.1, 0.15) is 40.6 Å². The lowest BCUT2D eigenvalue weighted by atomic mass is 9.88. The standard InChI is InChI=1S/C26H29FN2OS/c1-19(2)29(26(30)21-10-12-23(27)13-11-21)16-22-15-28(17-24-9-6-14-31-24)18-25(22)20-7-4-3-5-8-20/h3-14,19,22,25H,15-18H2,1-2H3/t22-,25-/m1/s1. The molecule has 2 atom stereocenters. The first-order valence-corrected chi connectivity index (χ1v) is 11.8. The first kappa shape index (κ1) is 21.7. The Kier molecular flexibility index (Phi) is 6.83. The Balaban J connectivity index is 1.55. The van der Waals surface area contributed by atoms with Gasteiger partial charge in [-0.2, -0.15) is 0 Å². The second kappa shape index (κ2) is 9.75. The summed E-state index contributed by atoms with van der Waals surface area (Å²) in [7, 11) is 0. The molecular weight excluding hydrogens is 407 g/mol. The molecule has 1 aliphatic heterocycles. The summed E-state index contributed by atoms with van der Waals surface area (Å²) in [5.41, 5.74) is 1.87. The number of hydrogen-bond acceptors (Lipinski definition) is 3. The lowest BCUT2D eigenvalue weighted by molar-refractivity contribution is 0.0668. The van der Waals surface area contributed by atoms with Crippen molar-refractivity contribution >= 4 is 17.2 Å². The Hall–Kier alpha value is -2.50. The molecule has 31 heavy (non-hydrogen) atoms. The van der Waals surface area contributed by atoms with Crippen molar-refractivity contribution in [2.75, 3.05) is 19.6 Å². The lowest BCUT2D eigenvalue weighted by Gasteiger charge is -2.32. The molecule has 1 aromatic heterocycles. The predicted molar refractivity (Wildman–Crippen MR) is 125 cm³/mol. The van der Waals surface area contributed by atoms with E-state index in [4.69, 9.17) is 0 Å². The van der Waals surface area contributed by atoms with Crippen LogP contribution in [-0.2, 0) is 6.54 Å². The Labute approximate surface area is 188 Å². The topological polar surface area (TPSA) is 23.6 Å². The van der Waals surface area contributed by atoms with E-state index in [1.165, 1.54) is 22.6 Å². The van der Waals surface area contributed by atoms with E-state index in [0.717, 1.165) is 19.6 Å². The van der Waals surface area contributed by atoms with E-state index >= 15 is 0 Å². The minimum absolute atomic E-state index is 0.0291. The molecule has 3 nitrogen and oxygen atoms in total. The van der Waals surface area contributed by atoms with E-state index in [0.29, 0.717) is 23.9 Å². The van der Waals surface area contributed by atoms with E-state index in [1.54, 1.807) is 23.5 Å². The average molecular weight is 437 g/mol. The molecule has 2 aromatic carbocycles. The van der Waals surface area contributed by atoms with Crippen LogP contribution in [0, 0.1) is 11.7 Å². The molecule has 3 aromatic rings. The average Bonchev–Trinajstić information content (AvgIpc) is 3.42. The van der Waals surface area contributed by atoms with Crippen LogP contribution in [0.4, 0.5) is 4.39 Å². The van der Waals surface area contributed by atoms with Gasteiger partial charge in [0, 0.05) is 48.6 Å². The molecular formula is C26H29FN2OS. The van der Waals surface area contributed by atoms with E-state index in [-0.39, 0.29) is 17.8 Å². The number of carbonyl (C=O) groups is 1. The minimum atomic E-state index is -0.322. The normalized spacial score (nSPS) is 19.1. The fourth-order valence-corrected chi connectivity index (χ4v) is 5.26. The highest BCUT2D eigenvalue weighted by Crippen LogP contribution is 2.35. The van der Waals surface area contributed by atoms with Crippen molar-refractivity contribution in [3.63, 3.8) is 0 Å². The highest BCUT2D eigenvalue weighted by atomic mass is 32.1. The number of halogens is 1. The molecule has 2 heterocycles. The number of amides is 1. The molecule has 4 rings (SSSR count). The molecule has 0 radical (unpaired) electrons. The molecule has 0 saturated carbocycles. The second-order valence-corrected chi connectivity index (χ2v) is 9.64. The summed E-state index contributed by atoms with van der Waals surface area (Å²) >= 11 is 1.79. The zero-order chi connectivity index (χ0) is 21.8. The SMILES string of the molecule is CC(C)N(C[C@H]1CN(Cc2cccs2)C[C@@H]1c1ccccc1)C(=O)c1ccc(F)cc1. The second-order valence-electron chi connectivity index (χ2n) is 8.61. The molecule has 162 valence electrons. The monoisotopic (exact) mass is 436 g/mol. The van der Waals surface area contributed by atoms with Gasteiger partial charge in [-0.15, -0.1) is 11.3 Å². The molecule has 5 heteroatoms. The van der Waals surface area contributed by atoms with Gasteiger partial charge in [0.2, 0.25) is 0 Å². The molecule has 1 amide bonds. The van der Waals surface area contributed by atoms with Crippen molar-refractivity contribution in [2.45, 2.75) is 32.4 Å². The number of rotatable bonds is 7. The third-order valence-corrected chi connectivity index (χ3v) is 6.97.